The maximum Gasteiger partial charge on any atom is 0.257 e. The molecule has 0 radical (unpaired) electrons. The Bertz CT molecular complexity index is 745. The second-order valence-corrected chi connectivity index (χ2v) is 7.61. The standard InChI is InChI=1S/C22H28N4O/c27-22(25-19-9-11-20(12-10-19)26-14-4-5-15-26)17-8-13-21(23-16-17)24-18-6-2-1-3-7-18/h8-13,16,18H,1-7,14-15H2,(H,23,24)(H,25,27). The number of aromatic nitrogens is 1. The fourth-order valence-corrected chi connectivity index (χ4v) is 4.00. The van der Waals surface area contributed by atoms with Crippen LogP contribution < -0.4 is 15.5 Å². The van der Waals surface area contributed by atoms with Crippen molar-refractivity contribution in [2.75, 3.05) is 28.6 Å². The molecule has 2 fully saturated rings. The number of nitrogens with zero attached hydrogens (tertiary/aromatic N) is 2. The molecule has 5 heteroatoms. The van der Waals surface area contributed by atoms with Crippen LogP contribution in [-0.4, -0.2) is 30.0 Å². The Labute approximate surface area is 161 Å². The zero-order valence-electron chi connectivity index (χ0n) is 15.8. The number of benzene rings is 1. The first-order valence-corrected chi connectivity index (χ1v) is 10.2. The maximum absolute atomic E-state index is 12.5. The van der Waals surface area contributed by atoms with Gasteiger partial charge in [0.15, 0.2) is 0 Å². The van der Waals surface area contributed by atoms with Gasteiger partial charge in [-0.1, -0.05) is 19.3 Å². The van der Waals surface area contributed by atoms with Crippen LogP contribution in [0.25, 0.3) is 0 Å². The van der Waals surface area contributed by atoms with Gasteiger partial charge in [-0.25, -0.2) is 4.98 Å². The van der Waals surface area contributed by atoms with Gasteiger partial charge in [-0.15, -0.1) is 0 Å². The number of carbonyl (C=O) groups excluding carboxylic acids is 1. The highest BCUT2D eigenvalue weighted by Gasteiger charge is 2.14. The molecule has 1 saturated carbocycles. The molecular formula is C22H28N4O. The average molecular weight is 364 g/mol. The van der Waals surface area contributed by atoms with Gasteiger partial charge in [-0.05, 0) is 62.1 Å². The van der Waals surface area contributed by atoms with Crippen LogP contribution in [0.5, 0.6) is 0 Å². The van der Waals surface area contributed by atoms with Crippen LogP contribution >= 0.6 is 0 Å². The molecule has 0 atom stereocenters. The van der Waals surface area contributed by atoms with E-state index >= 15 is 0 Å². The van der Waals surface area contributed by atoms with Crippen LogP contribution in [0.4, 0.5) is 17.2 Å². The van der Waals surface area contributed by atoms with E-state index < -0.39 is 0 Å². The minimum absolute atomic E-state index is 0.124. The van der Waals surface area contributed by atoms with Gasteiger partial charge in [-0.2, -0.15) is 0 Å². The number of hydrogen-bond donors (Lipinski definition) is 2. The molecule has 1 amide bonds. The summed E-state index contributed by atoms with van der Waals surface area (Å²) in [5.74, 6) is 0.731. The van der Waals surface area contributed by atoms with E-state index in [1.807, 2.05) is 24.3 Å². The highest BCUT2D eigenvalue weighted by Crippen LogP contribution is 2.23. The molecular weight excluding hydrogens is 336 g/mol. The lowest BCUT2D eigenvalue weighted by molar-refractivity contribution is 0.102. The summed E-state index contributed by atoms with van der Waals surface area (Å²) in [6.45, 7) is 2.25. The molecule has 2 aromatic rings. The van der Waals surface area contributed by atoms with Crippen molar-refractivity contribution in [3.63, 3.8) is 0 Å². The zero-order chi connectivity index (χ0) is 18.5. The molecule has 1 aliphatic carbocycles. The minimum atomic E-state index is -0.124. The predicted molar refractivity (Wildman–Crippen MR) is 111 cm³/mol. The smallest absolute Gasteiger partial charge is 0.257 e. The van der Waals surface area contributed by atoms with Gasteiger partial charge in [0.05, 0.1) is 5.56 Å². The second kappa shape index (κ2) is 8.42. The van der Waals surface area contributed by atoms with Crippen molar-refractivity contribution in [3.05, 3.63) is 48.2 Å². The van der Waals surface area contributed by atoms with Gasteiger partial charge in [0.25, 0.3) is 5.91 Å². The van der Waals surface area contributed by atoms with Crippen molar-refractivity contribution >= 4 is 23.1 Å². The summed E-state index contributed by atoms with van der Waals surface area (Å²) in [5, 5.41) is 6.44. The van der Waals surface area contributed by atoms with Gasteiger partial charge in [-0.3, -0.25) is 4.79 Å². The monoisotopic (exact) mass is 364 g/mol. The van der Waals surface area contributed by atoms with Crippen LogP contribution in [0.1, 0.15) is 55.3 Å². The Morgan fingerprint density at radius 3 is 2.33 bits per heavy atom. The molecule has 1 aromatic heterocycles. The number of pyridine rings is 1. The molecule has 142 valence electrons. The number of nitrogens with one attached hydrogen (secondary N) is 2. The molecule has 1 saturated heterocycles. The Morgan fingerprint density at radius 2 is 1.67 bits per heavy atom. The Hall–Kier alpha value is -2.56. The van der Waals surface area contributed by atoms with Crippen molar-refractivity contribution < 1.29 is 4.79 Å². The lowest BCUT2D eigenvalue weighted by atomic mass is 9.95. The van der Waals surface area contributed by atoms with E-state index in [9.17, 15) is 4.79 Å². The number of anilines is 3. The Morgan fingerprint density at radius 1 is 0.926 bits per heavy atom. The van der Waals surface area contributed by atoms with Crippen LogP contribution in [0.2, 0.25) is 0 Å². The number of hydrogen-bond acceptors (Lipinski definition) is 4. The summed E-state index contributed by atoms with van der Waals surface area (Å²) in [4.78, 5) is 19.3. The van der Waals surface area contributed by atoms with Crippen molar-refractivity contribution in [1.29, 1.82) is 0 Å². The van der Waals surface area contributed by atoms with Crippen LogP contribution in [0, 0.1) is 0 Å². The van der Waals surface area contributed by atoms with Crippen molar-refractivity contribution in [2.24, 2.45) is 0 Å². The molecule has 0 bridgehead atoms. The van der Waals surface area contributed by atoms with E-state index in [2.05, 4.69) is 32.7 Å². The van der Waals surface area contributed by atoms with E-state index in [4.69, 9.17) is 0 Å². The van der Waals surface area contributed by atoms with Gasteiger partial charge in [0.2, 0.25) is 0 Å². The molecule has 4 rings (SSSR count). The number of carbonyl (C=O) groups is 1. The topological polar surface area (TPSA) is 57.3 Å². The summed E-state index contributed by atoms with van der Waals surface area (Å²) in [6, 6.07) is 12.4. The first-order valence-electron chi connectivity index (χ1n) is 10.2. The maximum atomic E-state index is 12.5. The van der Waals surface area contributed by atoms with E-state index in [1.54, 1.807) is 6.20 Å². The summed E-state index contributed by atoms with van der Waals surface area (Å²) in [7, 11) is 0. The third-order valence-corrected chi connectivity index (χ3v) is 5.58. The molecule has 1 aromatic carbocycles. The molecule has 2 heterocycles. The Kier molecular flexibility index (Phi) is 5.56. The highest BCUT2D eigenvalue weighted by molar-refractivity contribution is 6.04. The SMILES string of the molecule is O=C(Nc1ccc(N2CCCC2)cc1)c1ccc(NC2CCCCC2)nc1. The molecule has 0 spiro atoms. The number of amides is 1. The summed E-state index contributed by atoms with van der Waals surface area (Å²) >= 11 is 0. The third kappa shape index (κ3) is 4.59. The predicted octanol–water partition coefficient (Wildman–Crippen LogP) is 4.68. The fraction of sp³-hybridized carbons (Fsp3) is 0.455. The molecule has 2 aliphatic rings. The molecule has 0 unspecified atom stereocenters. The van der Waals surface area contributed by atoms with E-state index in [-0.39, 0.29) is 5.91 Å². The quantitative estimate of drug-likeness (QED) is 0.809. The van der Waals surface area contributed by atoms with E-state index in [0.717, 1.165) is 24.6 Å². The van der Waals surface area contributed by atoms with Gasteiger partial charge in [0, 0.05) is 36.7 Å². The number of rotatable bonds is 5. The summed E-state index contributed by atoms with van der Waals surface area (Å²) in [5.41, 5.74) is 2.62. The molecule has 1 aliphatic heterocycles. The summed E-state index contributed by atoms with van der Waals surface area (Å²) < 4.78 is 0. The van der Waals surface area contributed by atoms with Gasteiger partial charge >= 0.3 is 0 Å². The zero-order valence-corrected chi connectivity index (χ0v) is 15.8. The normalized spacial score (nSPS) is 17.7. The van der Waals surface area contributed by atoms with E-state index in [1.165, 1.54) is 50.6 Å². The molecule has 27 heavy (non-hydrogen) atoms. The lowest BCUT2D eigenvalue weighted by Gasteiger charge is -2.23. The van der Waals surface area contributed by atoms with Crippen molar-refractivity contribution in [2.45, 2.75) is 51.0 Å². The van der Waals surface area contributed by atoms with Crippen molar-refractivity contribution in [3.8, 4) is 0 Å². The molecule has 2 N–H and O–H groups in total. The van der Waals surface area contributed by atoms with E-state index in [0.29, 0.717) is 11.6 Å². The third-order valence-electron chi connectivity index (χ3n) is 5.58. The van der Waals surface area contributed by atoms with Gasteiger partial charge in [0.1, 0.15) is 5.82 Å². The average Bonchev–Trinajstić information content (AvgIpc) is 3.25. The van der Waals surface area contributed by atoms with Gasteiger partial charge < -0.3 is 15.5 Å². The largest absolute Gasteiger partial charge is 0.372 e. The second-order valence-electron chi connectivity index (χ2n) is 7.61. The van der Waals surface area contributed by atoms with Crippen LogP contribution in [-0.2, 0) is 0 Å². The first kappa shape index (κ1) is 17.8. The van der Waals surface area contributed by atoms with Crippen LogP contribution in [0.15, 0.2) is 42.6 Å². The summed E-state index contributed by atoms with van der Waals surface area (Å²) in [6.07, 6.45) is 10.5. The Balaban J connectivity index is 1.33. The lowest BCUT2D eigenvalue weighted by Crippen LogP contribution is -2.23. The minimum Gasteiger partial charge on any atom is -0.372 e. The van der Waals surface area contributed by atoms with Crippen molar-refractivity contribution in [1.82, 2.24) is 4.98 Å². The molecule has 5 nitrogen and oxygen atoms in total. The fourth-order valence-electron chi connectivity index (χ4n) is 4.00. The van der Waals surface area contributed by atoms with Crippen LogP contribution in [0.3, 0.4) is 0 Å². The first-order chi connectivity index (χ1) is 13.3. The highest BCUT2D eigenvalue weighted by atomic mass is 16.1.